The van der Waals surface area contributed by atoms with Crippen molar-refractivity contribution < 1.29 is 9.90 Å². The van der Waals surface area contributed by atoms with Gasteiger partial charge < -0.3 is 10.1 Å². The second-order valence-electron chi connectivity index (χ2n) is 11.0. The number of allylic oxidation sites excluding steroid dienone is 1. The molecular weight excluding hydrogens is 448 g/mol. The lowest BCUT2D eigenvalue weighted by molar-refractivity contribution is -0.138. The molecule has 0 radical (unpaired) electrons. The Morgan fingerprint density at radius 3 is 2.42 bits per heavy atom. The third-order valence-corrected chi connectivity index (χ3v) is 7.96. The summed E-state index contributed by atoms with van der Waals surface area (Å²) in [6.07, 6.45) is 7.46. The molecule has 1 fully saturated rings. The molecule has 3 atom stereocenters. The topological polar surface area (TPSA) is 52.9 Å². The van der Waals surface area contributed by atoms with Crippen LogP contribution in [0.15, 0.2) is 40.6 Å². The Balaban J connectivity index is 2.10. The quantitative estimate of drug-likeness (QED) is 0.201. The predicted molar refractivity (Wildman–Crippen MR) is 144 cm³/mol. The van der Waals surface area contributed by atoms with Gasteiger partial charge in [0, 0.05) is 24.8 Å². The van der Waals surface area contributed by atoms with Crippen LogP contribution in [0.2, 0.25) is 24.7 Å². The van der Waals surface area contributed by atoms with Crippen molar-refractivity contribution in [3.63, 3.8) is 0 Å². The van der Waals surface area contributed by atoms with E-state index in [1.807, 2.05) is 31.2 Å². The van der Waals surface area contributed by atoms with Crippen LogP contribution in [0.5, 0.6) is 0 Å². The first-order chi connectivity index (χ1) is 15.4. The normalized spacial score (nSPS) is 23.1. The molecule has 0 aliphatic heterocycles. The highest BCUT2D eigenvalue weighted by atomic mass is 35.5. The van der Waals surface area contributed by atoms with Gasteiger partial charge in [-0.15, -0.1) is 0 Å². The highest BCUT2D eigenvalue weighted by Gasteiger charge is 2.34. The zero-order valence-corrected chi connectivity index (χ0v) is 23.2. The van der Waals surface area contributed by atoms with E-state index < -0.39 is 14.0 Å². The van der Waals surface area contributed by atoms with E-state index in [1.54, 1.807) is 0 Å². The fraction of sp³-hybridized carbons (Fsp3) is 0.630. The summed E-state index contributed by atoms with van der Waals surface area (Å²) in [5, 5.41) is 17.0. The Morgan fingerprint density at radius 1 is 1.18 bits per heavy atom. The van der Waals surface area contributed by atoms with Gasteiger partial charge in [-0.2, -0.15) is 5.10 Å². The van der Waals surface area contributed by atoms with Gasteiger partial charge in [0.1, 0.15) is 0 Å². The lowest BCUT2D eigenvalue weighted by atomic mass is 9.69. The molecule has 0 heterocycles. The number of halogens is 1. The number of rotatable bonds is 11. The minimum Gasteiger partial charge on any atom is -0.481 e. The molecule has 33 heavy (non-hydrogen) atoms. The number of aryl methyl sites for hydroxylation is 1. The number of hydrogen-bond donors (Lipinski definition) is 1. The van der Waals surface area contributed by atoms with Gasteiger partial charge in [-0.1, -0.05) is 61.6 Å². The average molecular weight is 491 g/mol. The van der Waals surface area contributed by atoms with Crippen molar-refractivity contribution in [1.29, 1.82) is 0 Å². The first kappa shape index (κ1) is 27.6. The van der Waals surface area contributed by atoms with Crippen LogP contribution in [0, 0.1) is 17.8 Å². The number of hydrogen-bond acceptors (Lipinski definition) is 3. The Labute approximate surface area is 207 Å². The molecule has 1 aromatic rings. The second kappa shape index (κ2) is 12.8. The van der Waals surface area contributed by atoms with Gasteiger partial charge in [0.2, 0.25) is 0 Å². The number of nitrogens with zero attached hydrogens (tertiary/aromatic N) is 2. The first-order valence-corrected chi connectivity index (χ1v) is 16.3. The van der Waals surface area contributed by atoms with E-state index in [9.17, 15) is 9.90 Å². The number of carboxylic acid groups (broad SMARTS) is 1. The van der Waals surface area contributed by atoms with E-state index in [-0.39, 0.29) is 12.3 Å². The van der Waals surface area contributed by atoms with Crippen LogP contribution >= 0.6 is 11.6 Å². The summed E-state index contributed by atoms with van der Waals surface area (Å²) < 4.78 is 0. The van der Waals surface area contributed by atoms with Crippen LogP contribution in [-0.2, 0) is 11.2 Å². The maximum absolute atomic E-state index is 11.6. The molecule has 184 valence electrons. The smallest absolute Gasteiger partial charge is 0.303 e. The summed E-state index contributed by atoms with van der Waals surface area (Å²) in [5.74, 6) is 0.562. The van der Waals surface area contributed by atoms with E-state index in [4.69, 9.17) is 16.7 Å². The van der Waals surface area contributed by atoms with Crippen molar-refractivity contribution in [3.05, 3.63) is 46.1 Å². The third-order valence-electron chi connectivity index (χ3n) is 6.51. The molecule has 0 saturated heterocycles. The van der Waals surface area contributed by atoms with Crippen LogP contribution in [-0.4, -0.2) is 44.0 Å². The van der Waals surface area contributed by atoms with Gasteiger partial charge in [0.25, 0.3) is 0 Å². The summed E-state index contributed by atoms with van der Waals surface area (Å²) in [6.45, 7) is 9.40. The highest BCUT2D eigenvalue weighted by molar-refractivity contribution is 6.81. The van der Waals surface area contributed by atoms with Gasteiger partial charge in [-0.25, -0.2) is 0 Å². The van der Waals surface area contributed by atoms with Crippen molar-refractivity contribution in [2.75, 3.05) is 14.1 Å². The lowest BCUT2D eigenvalue weighted by Gasteiger charge is -2.38. The van der Waals surface area contributed by atoms with Crippen LogP contribution < -0.4 is 0 Å². The zero-order valence-electron chi connectivity index (χ0n) is 21.4. The molecule has 6 heteroatoms. The van der Waals surface area contributed by atoms with E-state index in [1.165, 1.54) is 16.8 Å². The minimum atomic E-state index is -1.46. The summed E-state index contributed by atoms with van der Waals surface area (Å²) in [7, 11) is 2.52. The SMILES string of the molecule is C[C@@H]1CC[C@@H](CC(=O)O)/C(=C/[Si](C)(C)C)[C@H]1CC/C(CCCc1ccc(Cl)cc1)=N/N(C)C. The molecule has 1 saturated carbocycles. The van der Waals surface area contributed by atoms with Crippen molar-refractivity contribution >= 4 is 31.4 Å². The Hall–Kier alpha value is -1.59. The standard InChI is InChI=1S/C27H43ClN2O2Si/c1-20-10-13-22(18-27(31)32)26(19-33(4,5)6)25(20)17-16-24(29-30(2)3)9-7-8-21-11-14-23(28)15-12-21/h11-12,14-15,19-20,22,25H,7-10,13,16-18H2,1-6H3,(H,31,32)/b26-19-,29-24+/t20-,22+,25+/m1/s1. The maximum atomic E-state index is 11.6. The molecule has 2 rings (SSSR count). The van der Waals surface area contributed by atoms with Crippen LogP contribution in [0.3, 0.4) is 0 Å². The van der Waals surface area contributed by atoms with Gasteiger partial charge in [-0.3, -0.25) is 4.79 Å². The maximum Gasteiger partial charge on any atom is 0.303 e. The molecule has 4 nitrogen and oxygen atoms in total. The van der Waals surface area contributed by atoms with Crippen LogP contribution in [0.25, 0.3) is 0 Å². The average Bonchev–Trinajstić information content (AvgIpc) is 2.69. The Kier molecular flexibility index (Phi) is 10.7. The summed E-state index contributed by atoms with van der Waals surface area (Å²) >= 11 is 6.01. The monoisotopic (exact) mass is 490 g/mol. The molecule has 1 N–H and O–H groups in total. The lowest BCUT2D eigenvalue weighted by Crippen LogP contribution is -2.31. The second-order valence-corrected chi connectivity index (χ2v) is 16.5. The van der Waals surface area contributed by atoms with E-state index >= 15 is 0 Å². The molecule has 0 aromatic heterocycles. The minimum absolute atomic E-state index is 0.189. The number of benzene rings is 1. The van der Waals surface area contributed by atoms with Gasteiger partial charge in [0.05, 0.1) is 14.5 Å². The summed E-state index contributed by atoms with van der Waals surface area (Å²) in [6, 6.07) is 8.11. The highest BCUT2D eigenvalue weighted by Crippen LogP contribution is 2.43. The zero-order chi connectivity index (χ0) is 24.6. The van der Waals surface area contributed by atoms with Crippen molar-refractivity contribution in [1.82, 2.24) is 5.01 Å². The van der Waals surface area contributed by atoms with E-state index in [0.29, 0.717) is 11.8 Å². The number of hydrazone groups is 1. The van der Waals surface area contributed by atoms with E-state index in [0.717, 1.165) is 50.0 Å². The third kappa shape index (κ3) is 10.1. The number of carbonyl (C=O) groups is 1. The van der Waals surface area contributed by atoms with Crippen molar-refractivity contribution in [3.8, 4) is 0 Å². The molecule has 1 aliphatic rings. The van der Waals surface area contributed by atoms with Gasteiger partial charge in [0.15, 0.2) is 0 Å². The van der Waals surface area contributed by atoms with Crippen molar-refractivity contribution in [2.24, 2.45) is 22.9 Å². The fourth-order valence-corrected chi connectivity index (χ4v) is 6.62. The first-order valence-electron chi connectivity index (χ1n) is 12.4. The Bertz CT molecular complexity index is 828. The number of carboxylic acids is 1. The molecule has 0 spiro atoms. The fourth-order valence-electron chi connectivity index (χ4n) is 5.05. The predicted octanol–water partition coefficient (Wildman–Crippen LogP) is 7.30. The number of aliphatic carboxylic acids is 1. The largest absolute Gasteiger partial charge is 0.481 e. The van der Waals surface area contributed by atoms with E-state index in [2.05, 4.69) is 44.4 Å². The molecule has 0 amide bonds. The van der Waals surface area contributed by atoms with Crippen molar-refractivity contribution in [2.45, 2.75) is 77.9 Å². The van der Waals surface area contributed by atoms with Gasteiger partial charge >= 0.3 is 5.97 Å². The van der Waals surface area contributed by atoms with Crippen LogP contribution in [0.4, 0.5) is 0 Å². The Morgan fingerprint density at radius 2 is 1.85 bits per heavy atom. The summed E-state index contributed by atoms with van der Waals surface area (Å²) in [4.78, 5) is 11.6. The summed E-state index contributed by atoms with van der Waals surface area (Å²) in [5.41, 5.74) is 6.49. The molecular formula is C27H43ClN2O2Si. The molecule has 1 aliphatic carbocycles. The van der Waals surface area contributed by atoms with Crippen LogP contribution in [0.1, 0.15) is 57.4 Å². The molecule has 0 unspecified atom stereocenters. The molecule has 1 aromatic carbocycles. The van der Waals surface area contributed by atoms with Gasteiger partial charge in [-0.05, 0) is 80.4 Å². The molecule has 0 bridgehead atoms.